The zero-order valence-electron chi connectivity index (χ0n) is 12.4. The summed E-state index contributed by atoms with van der Waals surface area (Å²) in [4.78, 5) is 27.4. The van der Waals surface area contributed by atoms with E-state index in [2.05, 4.69) is 27.6 Å². The fraction of sp³-hybridized carbons (Fsp3) is 0.111. The van der Waals surface area contributed by atoms with E-state index in [1.54, 1.807) is 24.4 Å². The van der Waals surface area contributed by atoms with Crippen LogP contribution in [0.15, 0.2) is 48.7 Å². The average Bonchev–Trinajstić information content (AvgIpc) is 2.96. The number of aliphatic carboxylic acids is 1. The van der Waals surface area contributed by atoms with Crippen molar-refractivity contribution in [1.82, 2.24) is 4.98 Å². The lowest BCUT2D eigenvalue weighted by atomic mass is 9.91. The Morgan fingerprint density at radius 3 is 2.67 bits per heavy atom. The first kappa shape index (κ1) is 17.0. The molecule has 0 aliphatic rings. The molecule has 0 saturated heterocycles. The van der Waals surface area contributed by atoms with Crippen molar-refractivity contribution in [2.24, 2.45) is 0 Å². The number of halogens is 2. The van der Waals surface area contributed by atoms with Crippen LogP contribution in [-0.2, 0) is 4.79 Å². The highest BCUT2D eigenvalue weighted by Gasteiger charge is 2.27. The van der Waals surface area contributed by atoms with Gasteiger partial charge < -0.3 is 10.1 Å². The molecular formula is C18H13ClINO3. The number of para-hydroxylation sites is 1. The molecule has 0 aliphatic carbocycles. The van der Waals surface area contributed by atoms with Crippen LogP contribution in [0.2, 0.25) is 5.02 Å². The van der Waals surface area contributed by atoms with Gasteiger partial charge in [-0.15, -0.1) is 0 Å². The van der Waals surface area contributed by atoms with Gasteiger partial charge in [-0.25, -0.2) is 0 Å². The van der Waals surface area contributed by atoms with Crippen LogP contribution in [0, 0.1) is 3.57 Å². The molecule has 2 aromatic carbocycles. The third kappa shape index (κ3) is 3.32. The third-order valence-corrected chi connectivity index (χ3v) is 4.90. The van der Waals surface area contributed by atoms with Crippen LogP contribution in [0.5, 0.6) is 0 Å². The first-order valence-corrected chi connectivity index (χ1v) is 8.70. The molecule has 1 heterocycles. The molecule has 3 aromatic rings. The molecule has 0 radical (unpaired) electrons. The van der Waals surface area contributed by atoms with Gasteiger partial charge in [-0.3, -0.25) is 9.59 Å². The Bertz CT molecular complexity index is 935. The van der Waals surface area contributed by atoms with Crippen molar-refractivity contribution in [3.63, 3.8) is 0 Å². The number of carboxylic acid groups (broad SMARTS) is 1. The van der Waals surface area contributed by atoms with Gasteiger partial charge in [-0.05, 0) is 52.4 Å². The number of carbonyl (C=O) groups is 2. The summed E-state index contributed by atoms with van der Waals surface area (Å²) in [6.45, 7) is 0. The highest BCUT2D eigenvalue weighted by molar-refractivity contribution is 14.1. The fourth-order valence-corrected chi connectivity index (χ4v) is 3.68. The summed E-state index contributed by atoms with van der Waals surface area (Å²) in [5.41, 5.74) is 1.80. The third-order valence-electron chi connectivity index (χ3n) is 3.92. The van der Waals surface area contributed by atoms with Crippen LogP contribution in [0.4, 0.5) is 0 Å². The Hall–Kier alpha value is -1.86. The highest BCUT2D eigenvalue weighted by atomic mass is 127. The van der Waals surface area contributed by atoms with E-state index in [0.717, 1.165) is 14.5 Å². The topological polar surface area (TPSA) is 70.2 Å². The monoisotopic (exact) mass is 453 g/mol. The Balaban J connectivity index is 1.95. The van der Waals surface area contributed by atoms with Crippen molar-refractivity contribution in [2.75, 3.05) is 0 Å². The molecule has 1 aromatic heterocycles. The molecule has 0 aliphatic heterocycles. The van der Waals surface area contributed by atoms with Gasteiger partial charge in [-0.2, -0.15) is 0 Å². The van der Waals surface area contributed by atoms with Gasteiger partial charge in [0.25, 0.3) is 0 Å². The van der Waals surface area contributed by atoms with E-state index in [4.69, 9.17) is 11.6 Å². The summed E-state index contributed by atoms with van der Waals surface area (Å²) < 4.78 is 0.917. The van der Waals surface area contributed by atoms with Crippen molar-refractivity contribution >= 4 is 56.8 Å². The molecule has 0 saturated carbocycles. The Morgan fingerprint density at radius 1 is 1.21 bits per heavy atom. The van der Waals surface area contributed by atoms with Crippen molar-refractivity contribution in [3.8, 4) is 0 Å². The number of aromatic nitrogens is 1. The number of ketones is 1. The van der Waals surface area contributed by atoms with Crippen LogP contribution in [-0.4, -0.2) is 21.8 Å². The molecule has 1 unspecified atom stereocenters. The summed E-state index contributed by atoms with van der Waals surface area (Å²) >= 11 is 8.23. The van der Waals surface area contributed by atoms with Crippen LogP contribution < -0.4 is 0 Å². The lowest BCUT2D eigenvalue weighted by Gasteiger charge is -2.12. The first-order chi connectivity index (χ1) is 11.5. The second-order valence-electron chi connectivity index (χ2n) is 5.43. The standard InChI is InChI=1S/C18H13ClINO3/c19-15-7-10(20)5-6-12(15)17(22)8-13(18(23)24)14-9-21-16-4-2-1-3-11(14)16/h1-7,9,13,21H,8H2,(H,23,24). The minimum absolute atomic E-state index is 0.141. The molecule has 3 rings (SSSR count). The highest BCUT2D eigenvalue weighted by Crippen LogP contribution is 2.30. The molecule has 0 spiro atoms. The van der Waals surface area contributed by atoms with Crippen LogP contribution in [0.3, 0.4) is 0 Å². The van der Waals surface area contributed by atoms with E-state index in [0.29, 0.717) is 16.1 Å². The Morgan fingerprint density at radius 2 is 1.96 bits per heavy atom. The Labute approximate surface area is 157 Å². The number of nitrogens with one attached hydrogen (secondary N) is 1. The number of rotatable bonds is 5. The van der Waals surface area contributed by atoms with Gasteiger partial charge in [0, 0.05) is 32.7 Å². The number of hydrogen-bond donors (Lipinski definition) is 2. The number of hydrogen-bond acceptors (Lipinski definition) is 2. The zero-order chi connectivity index (χ0) is 17.3. The minimum Gasteiger partial charge on any atom is -0.481 e. The number of fused-ring (bicyclic) bond motifs is 1. The summed E-state index contributed by atoms with van der Waals surface area (Å²) in [6, 6.07) is 12.5. The largest absolute Gasteiger partial charge is 0.481 e. The van der Waals surface area contributed by atoms with E-state index in [1.807, 2.05) is 24.3 Å². The summed E-state index contributed by atoms with van der Waals surface area (Å²) in [5.74, 6) is -2.24. The number of aromatic amines is 1. The van der Waals surface area contributed by atoms with Crippen molar-refractivity contribution in [3.05, 3.63) is 68.4 Å². The van der Waals surface area contributed by atoms with Crippen LogP contribution in [0.25, 0.3) is 10.9 Å². The van der Waals surface area contributed by atoms with Crippen molar-refractivity contribution in [1.29, 1.82) is 0 Å². The molecule has 0 bridgehead atoms. The molecule has 122 valence electrons. The second kappa shape index (κ2) is 6.94. The number of benzene rings is 2. The van der Waals surface area contributed by atoms with E-state index < -0.39 is 11.9 Å². The second-order valence-corrected chi connectivity index (χ2v) is 7.08. The summed E-state index contributed by atoms with van der Waals surface area (Å²) in [7, 11) is 0. The van der Waals surface area contributed by atoms with Gasteiger partial charge in [0.2, 0.25) is 0 Å². The Kier molecular flexibility index (Phi) is 4.91. The first-order valence-electron chi connectivity index (χ1n) is 7.24. The zero-order valence-corrected chi connectivity index (χ0v) is 15.3. The normalized spacial score (nSPS) is 12.2. The van der Waals surface area contributed by atoms with E-state index in [9.17, 15) is 14.7 Å². The number of Topliss-reactive ketones (excluding diaryl/α,β-unsaturated/α-hetero) is 1. The fourth-order valence-electron chi connectivity index (χ4n) is 2.72. The smallest absolute Gasteiger partial charge is 0.311 e. The maximum Gasteiger partial charge on any atom is 0.311 e. The summed E-state index contributed by atoms with van der Waals surface area (Å²) in [6.07, 6.45) is 1.52. The minimum atomic E-state index is -1.03. The van der Waals surface area contributed by atoms with Gasteiger partial charge >= 0.3 is 5.97 Å². The lowest BCUT2D eigenvalue weighted by Crippen LogP contribution is -2.16. The predicted octanol–water partition coefficient (Wildman–Crippen LogP) is 4.87. The molecular weight excluding hydrogens is 441 g/mol. The van der Waals surface area contributed by atoms with Crippen LogP contribution in [0.1, 0.15) is 28.3 Å². The average molecular weight is 454 g/mol. The van der Waals surface area contributed by atoms with Crippen molar-refractivity contribution < 1.29 is 14.7 Å². The molecule has 2 N–H and O–H groups in total. The molecule has 0 amide bonds. The molecule has 4 nitrogen and oxygen atoms in total. The molecule has 24 heavy (non-hydrogen) atoms. The molecule has 0 fully saturated rings. The molecule has 1 atom stereocenters. The number of H-pyrrole nitrogens is 1. The molecule has 6 heteroatoms. The van der Waals surface area contributed by atoms with Gasteiger partial charge in [0.05, 0.1) is 10.9 Å². The SMILES string of the molecule is O=C(CC(C(=O)O)c1c[nH]c2ccccc12)c1ccc(I)cc1Cl. The number of carbonyl (C=O) groups excluding carboxylic acids is 1. The quantitative estimate of drug-likeness (QED) is 0.428. The van der Waals surface area contributed by atoms with Crippen molar-refractivity contribution in [2.45, 2.75) is 12.3 Å². The van der Waals surface area contributed by atoms with E-state index in [-0.39, 0.29) is 12.2 Å². The number of carboxylic acids is 1. The lowest BCUT2D eigenvalue weighted by molar-refractivity contribution is -0.138. The maximum atomic E-state index is 12.6. The maximum absolute atomic E-state index is 12.6. The van der Waals surface area contributed by atoms with Gasteiger partial charge in [0.15, 0.2) is 5.78 Å². The van der Waals surface area contributed by atoms with E-state index >= 15 is 0 Å². The van der Waals surface area contributed by atoms with Gasteiger partial charge in [0.1, 0.15) is 0 Å². The van der Waals surface area contributed by atoms with E-state index in [1.165, 1.54) is 0 Å². The van der Waals surface area contributed by atoms with Gasteiger partial charge in [-0.1, -0.05) is 29.8 Å². The van der Waals surface area contributed by atoms with Crippen LogP contribution >= 0.6 is 34.2 Å². The summed E-state index contributed by atoms with van der Waals surface area (Å²) in [5, 5.41) is 10.8. The predicted molar refractivity (Wildman–Crippen MR) is 102 cm³/mol.